The number of carbonyl (C=O) groups excluding carboxylic acids is 1. The van der Waals surface area contributed by atoms with E-state index in [-0.39, 0.29) is 16.8 Å². The van der Waals surface area contributed by atoms with Gasteiger partial charge in [-0.15, -0.1) is 0 Å². The second kappa shape index (κ2) is 5.12. The lowest BCUT2D eigenvalue weighted by molar-refractivity contribution is -0.385. The normalized spacial score (nSPS) is 20.6. The fourth-order valence-corrected chi connectivity index (χ4v) is 2.18. The Hall–Kier alpha value is -2.09. The van der Waals surface area contributed by atoms with E-state index in [1.54, 1.807) is 0 Å². The van der Waals surface area contributed by atoms with Gasteiger partial charge in [0.05, 0.1) is 24.1 Å². The number of esters is 1. The van der Waals surface area contributed by atoms with Gasteiger partial charge < -0.3 is 10.1 Å². The molecule has 0 spiro atoms. The molecule has 8 heteroatoms. The fourth-order valence-electron chi connectivity index (χ4n) is 2.18. The zero-order valence-electron chi connectivity index (χ0n) is 10.6. The molecule has 1 aliphatic heterocycles. The van der Waals surface area contributed by atoms with Gasteiger partial charge in [-0.25, -0.2) is 13.6 Å². The molecule has 1 aromatic carbocycles. The van der Waals surface area contributed by atoms with Crippen molar-refractivity contribution in [2.45, 2.75) is 18.4 Å². The minimum Gasteiger partial charge on any atom is -0.465 e. The average Bonchev–Trinajstić information content (AvgIpc) is 2.77. The number of carbonyl (C=O) groups is 1. The first-order chi connectivity index (χ1) is 9.34. The monoisotopic (exact) mass is 286 g/mol. The molecule has 108 valence electrons. The first-order valence-corrected chi connectivity index (χ1v) is 5.82. The van der Waals surface area contributed by atoms with E-state index in [0.29, 0.717) is 0 Å². The molecule has 0 saturated carbocycles. The van der Waals surface area contributed by atoms with Crippen LogP contribution in [-0.2, 0) is 4.74 Å². The molecule has 0 amide bonds. The summed E-state index contributed by atoms with van der Waals surface area (Å²) in [4.78, 5) is 21.7. The van der Waals surface area contributed by atoms with Gasteiger partial charge in [0, 0.05) is 24.1 Å². The molecular weight excluding hydrogens is 274 g/mol. The molecule has 0 unspecified atom stereocenters. The summed E-state index contributed by atoms with van der Waals surface area (Å²) >= 11 is 0. The number of nitro groups is 1. The van der Waals surface area contributed by atoms with Gasteiger partial charge in [0.1, 0.15) is 0 Å². The van der Waals surface area contributed by atoms with Crippen molar-refractivity contribution in [3.63, 3.8) is 0 Å². The Balaban J connectivity index is 2.43. The largest absolute Gasteiger partial charge is 0.465 e. The van der Waals surface area contributed by atoms with Crippen LogP contribution >= 0.6 is 0 Å². The number of halogens is 2. The smallest absolute Gasteiger partial charge is 0.337 e. The van der Waals surface area contributed by atoms with Crippen molar-refractivity contribution < 1.29 is 23.2 Å². The van der Waals surface area contributed by atoms with Crippen LogP contribution < -0.4 is 5.32 Å². The third-order valence-corrected chi connectivity index (χ3v) is 3.13. The molecule has 1 heterocycles. The number of methoxy groups -OCH3 is 1. The van der Waals surface area contributed by atoms with E-state index in [1.807, 2.05) is 0 Å². The minimum atomic E-state index is -2.92. The molecule has 1 aromatic rings. The third kappa shape index (κ3) is 2.74. The van der Waals surface area contributed by atoms with E-state index in [4.69, 9.17) is 0 Å². The number of rotatable bonds is 3. The average molecular weight is 286 g/mol. The maximum atomic E-state index is 13.2. The summed E-state index contributed by atoms with van der Waals surface area (Å²) in [5, 5.41) is 13.5. The summed E-state index contributed by atoms with van der Waals surface area (Å²) in [5.41, 5.74) is -0.145. The molecule has 20 heavy (non-hydrogen) atoms. The molecule has 1 aliphatic rings. The van der Waals surface area contributed by atoms with Crippen LogP contribution in [0, 0.1) is 10.1 Å². The number of nitro benzene ring substituents is 1. The molecular formula is C12H12F2N2O4. The highest BCUT2D eigenvalue weighted by atomic mass is 19.3. The van der Waals surface area contributed by atoms with Gasteiger partial charge in [0.15, 0.2) is 0 Å². The topological polar surface area (TPSA) is 81.5 Å². The van der Waals surface area contributed by atoms with Crippen LogP contribution in [0.25, 0.3) is 0 Å². The predicted octanol–water partition coefficient (Wildman–Crippen LogP) is 2.05. The molecule has 0 aromatic heterocycles. The molecule has 1 atom stereocenters. The van der Waals surface area contributed by atoms with Gasteiger partial charge >= 0.3 is 5.97 Å². The first-order valence-electron chi connectivity index (χ1n) is 5.82. The van der Waals surface area contributed by atoms with E-state index in [2.05, 4.69) is 10.1 Å². The van der Waals surface area contributed by atoms with Gasteiger partial charge in [-0.3, -0.25) is 10.1 Å². The zero-order chi connectivity index (χ0) is 14.9. The number of nitrogens with one attached hydrogen (secondary N) is 1. The summed E-state index contributed by atoms with van der Waals surface area (Å²) in [6, 6.07) is 2.72. The maximum Gasteiger partial charge on any atom is 0.337 e. The Labute approximate surface area is 112 Å². The third-order valence-electron chi connectivity index (χ3n) is 3.13. The zero-order valence-corrected chi connectivity index (χ0v) is 10.6. The highest BCUT2D eigenvalue weighted by Gasteiger charge is 2.42. The Morgan fingerprint density at radius 1 is 1.55 bits per heavy atom. The molecule has 1 fully saturated rings. The molecule has 2 rings (SSSR count). The van der Waals surface area contributed by atoms with Crippen LogP contribution in [0.4, 0.5) is 14.5 Å². The molecule has 1 saturated heterocycles. The molecule has 6 nitrogen and oxygen atoms in total. The maximum absolute atomic E-state index is 13.2. The SMILES string of the molecule is COC(=O)c1ccc([N+](=O)[O-])c([C@@H]2CC(F)(F)CN2)c1. The van der Waals surface area contributed by atoms with Gasteiger partial charge in [-0.1, -0.05) is 0 Å². The van der Waals surface area contributed by atoms with Crippen molar-refractivity contribution in [1.82, 2.24) is 5.32 Å². The van der Waals surface area contributed by atoms with Crippen LogP contribution in [0.15, 0.2) is 18.2 Å². The molecule has 1 N–H and O–H groups in total. The van der Waals surface area contributed by atoms with Crippen molar-refractivity contribution >= 4 is 11.7 Å². The van der Waals surface area contributed by atoms with Crippen molar-refractivity contribution in [3.05, 3.63) is 39.4 Å². The number of benzene rings is 1. The second-order valence-corrected chi connectivity index (χ2v) is 4.52. The van der Waals surface area contributed by atoms with Crippen LogP contribution in [0.2, 0.25) is 0 Å². The van der Waals surface area contributed by atoms with Crippen LogP contribution in [0.3, 0.4) is 0 Å². The summed E-state index contributed by atoms with van der Waals surface area (Å²) in [7, 11) is 1.17. The summed E-state index contributed by atoms with van der Waals surface area (Å²) in [5.74, 6) is -3.59. The van der Waals surface area contributed by atoms with Crippen molar-refractivity contribution in [2.24, 2.45) is 0 Å². The van der Waals surface area contributed by atoms with E-state index in [1.165, 1.54) is 19.2 Å². The molecule has 0 bridgehead atoms. The second-order valence-electron chi connectivity index (χ2n) is 4.52. The van der Waals surface area contributed by atoms with Crippen molar-refractivity contribution in [2.75, 3.05) is 13.7 Å². The van der Waals surface area contributed by atoms with E-state index in [0.717, 1.165) is 6.07 Å². The summed E-state index contributed by atoms with van der Waals surface area (Å²) in [6.45, 7) is -0.544. The highest BCUT2D eigenvalue weighted by molar-refractivity contribution is 5.90. The van der Waals surface area contributed by atoms with Gasteiger partial charge in [-0.05, 0) is 12.1 Å². The number of hydrogen-bond acceptors (Lipinski definition) is 5. The van der Waals surface area contributed by atoms with Crippen LogP contribution in [-0.4, -0.2) is 30.5 Å². The van der Waals surface area contributed by atoms with Gasteiger partial charge in [0.25, 0.3) is 11.6 Å². The van der Waals surface area contributed by atoms with Crippen molar-refractivity contribution in [3.8, 4) is 0 Å². The highest BCUT2D eigenvalue weighted by Crippen LogP contribution is 2.37. The number of nitrogens with zero attached hydrogens (tertiary/aromatic N) is 1. The standard InChI is InChI=1S/C12H12F2N2O4/c1-20-11(17)7-2-3-10(16(18)19)8(4-7)9-5-12(13,14)6-15-9/h2-4,9,15H,5-6H2,1H3/t9-/m0/s1. The van der Waals surface area contributed by atoms with Gasteiger partial charge in [-0.2, -0.15) is 0 Å². The van der Waals surface area contributed by atoms with E-state index in [9.17, 15) is 23.7 Å². The minimum absolute atomic E-state index is 0.0649. The van der Waals surface area contributed by atoms with Crippen molar-refractivity contribution in [1.29, 1.82) is 0 Å². The number of hydrogen-bond donors (Lipinski definition) is 1. The van der Waals surface area contributed by atoms with Crippen LogP contribution in [0.5, 0.6) is 0 Å². The summed E-state index contributed by atoms with van der Waals surface area (Å²) < 4.78 is 30.9. The van der Waals surface area contributed by atoms with E-state index >= 15 is 0 Å². The van der Waals surface area contributed by atoms with Crippen LogP contribution in [0.1, 0.15) is 28.4 Å². The summed E-state index contributed by atoms with van der Waals surface area (Å²) in [6.07, 6.45) is -0.543. The number of alkyl halides is 2. The van der Waals surface area contributed by atoms with Gasteiger partial charge in [0.2, 0.25) is 0 Å². The Morgan fingerprint density at radius 2 is 2.25 bits per heavy atom. The lowest BCUT2D eigenvalue weighted by atomic mass is 9.99. The predicted molar refractivity (Wildman–Crippen MR) is 64.7 cm³/mol. The number of ether oxygens (including phenoxy) is 1. The molecule has 0 radical (unpaired) electrons. The molecule has 0 aliphatic carbocycles. The lowest BCUT2D eigenvalue weighted by Crippen LogP contribution is -2.19. The Morgan fingerprint density at radius 3 is 2.75 bits per heavy atom. The Bertz CT molecular complexity index is 562. The fraction of sp³-hybridized carbons (Fsp3) is 0.417. The quantitative estimate of drug-likeness (QED) is 0.522. The Kier molecular flexibility index (Phi) is 3.67. The lowest BCUT2D eigenvalue weighted by Gasteiger charge is -2.12. The first kappa shape index (κ1) is 14.3. The van der Waals surface area contributed by atoms with E-state index < -0.39 is 35.8 Å².